The van der Waals surface area contributed by atoms with Gasteiger partial charge >= 0.3 is 0 Å². The van der Waals surface area contributed by atoms with E-state index in [1.54, 1.807) is 0 Å². The van der Waals surface area contributed by atoms with Gasteiger partial charge in [0.2, 0.25) is 0 Å². The van der Waals surface area contributed by atoms with E-state index in [9.17, 15) is 4.39 Å². The minimum atomic E-state index is -0.618. The molecular formula is C7H14FN2+. The van der Waals surface area contributed by atoms with Crippen LogP contribution < -0.4 is 10.6 Å². The van der Waals surface area contributed by atoms with Gasteiger partial charge < -0.3 is 10.6 Å². The molecular weight excluding hydrogens is 131 g/mol. The third-order valence-corrected chi connectivity index (χ3v) is 2.56. The Morgan fingerprint density at radius 2 is 2.20 bits per heavy atom. The Hall–Kier alpha value is -0.150. The summed E-state index contributed by atoms with van der Waals surface area (Å²) in [6.07, 6.45) is 1.59. The van der Waals surface area contributed by atoms with Gasteiger partial charge in [-0.05, 0) is 12.8 Å². The number of alkyl halides is 1. The highest BCUT2D eigenvalue weighted by molar-refractivity contribution is 4.88. The first-order chi connectivity index (χ1) is 4.86. The zero-order valence-corrected chi connectivity index (χ0v) is 6.02. The van der Waals surface area contributed by atoms with Gasteiger partial charge in [-0.3, -0.25) is 0 Å². The molecule has 0 aromatic carbocycles. The highest BCUT2D eigenvalue weighted by atomic mass is 19.1. The zero-order chi connectivity index (χ0) is 6.97. The normalized spacial score (nSPS) is 47.1. The fourth-order valence-electron chi connectivity index (χ4n) is 1.94. The molecule has 2 nitrogen and oxygen atoms in total. The average Bonchev–Trinajstić information content (AvgIpc) is 2.27. The Morgan fingerprint density at radius 3 is 3.10 bits per heavy atom. The molecule has 0 aromatic rings. The number of nitrogens with one attached hydrogen (secondary N) is 1. The Labute approximate surface area is 60.2 Å². The summed E-state index contributed by atoms with van der Waals surface area (Å²) in [5, 5.41) is 5.38. The second kappa shape index (κ2) is 2.47. The number of halogens is 1. The molecule has 2 saturated heterocycles. The predicted molar refractivity (Wildman–Crippen MR) is 36.5 cm³/mol. The molecule has 2 fully saturated rings. The first kappa shape index (κ1) is 6.55. The Balaban J connectivity index is 2.03. The van der Waals surface area contributed by atoms with Crippen LogP contribution in [0.2, 0.25) is 0 Å². The maximum Gasteiger partial charge on any atom is 0.164 e. The molecule has 3 unspecified atom stereocenters. The monoisotopic (exact) mass is 145 g/mol. The van der Waals surface area contributed by atoms with Crippen molar-refractivity contribution in [3.05, 3.63) is 0 Å². The molecule has 0 aromatic heterocycles. The van der Waals surface area contributed by atoms with Crippen molar-refractivity contribution >= 4 is 0 Å². The van der Waals surface area contributed by atoms with Crippen molar-refractivity contribution in [2.45, 2.75) is 31.1 Å². The van der Waals surface area contributed by atoms with Crippen LogP contribution in [-0.2, 0) is 0 Å². The Kier molecular flexibility index (Phi) is 1.62. The smallest absolute Gasteiger partial charge is 0.164 e. The quantitative estimate of drug-likeness (QED) is 0.451. The SMILES string of the molecule is FC1C[NH2+]CC2CCC1N2. The highest BCUT2D eigenvalue weighted by Gasteiger charge is 2.34. The van der Waals surface area contributed by atoms with Gasteiger partial charge in [0.05, 0.1) is 12.6 Å². The van der Waals surface area contributed by atoms with Crippen molar-refractivity contribution in [1.82, 2.24) is 5.32 Å². The van der Waals surface area contributed by atoms with Gasteiger partial charge in [0.1, 0.15) is 6.54 Å². The lowest BCUT2D eigenvalue weighted by Gasteiger charge is -2.10. The summed E-state index contributed by atoms with van der Waals surface area (Å²) in [6.45, 7) is 1.73. The van der Waals surface area contributed by atoms with Gasteiger partial charge in [-0.15, -0.1) is 0 Å². The summed E-state index contributed by atoms with van der Waals surface area (Å²) in [6, 6.07) is 0.759. The van der Waals surface area contributed by atoms with Crippen LogP contribution in [0.5, 0.6) is 0 Å². The molecule has 0 aliphatic carbocycles. The first-order valence-electron chi connectivity index (χ1n) is 4.08. The number of nitrogens with two attached hydrogens (primary N) is 1. The van der Waals surface area contributed by atoms with E-state index in [-0.39, 0.29) is 6.04 Å². The van der Waals surface area contributed by atoms with E-state index >= 15 is 0 Å². The minimum absolute atomic E-state index is 0.170. The van der Waals surface area contributed by atoms with Crippen LogP contribution in [0.3, 0.4) is 0 Å². The van der Waals surface area contributed by atoms with E-state index in [0.29, 0.717) is 12.6 Å². The van der Waals surface area contributed by atoms with E-state index in [1.807, 2.05) is 0 Å². The number of hydrogen-bond donors (Lipinski definition) is 2. The molecule has 58 valence electrons. The lowest BCUT2D eigenvalue weighted by molar-refractivity contribution is -0.659. The molecule has 0 radical (unpaired) electrons. The van der Waals surface area contributed by atoms with E-state index in [2.05, 4.69) is 10.6 Å². The van der Waals surface area contributed by atoms with Crippen LogP contribution >= 0.6 is 0 Å². The van der Waals surface area contributed by atoms with Gasteiger partial charge in [-0.25, -0.2) is 4.39 Å². The molecule has 2 aliphatic rings. The molecule has 3 heteroatoms. The number of fused-ring (bicyclic) bond motifs is 2. The van der Waals surface area contributed by atoms with Crippen LogP contribution in [-0.4, -0.2) is 31.3 Å². The van der Waals surface area contributed by atoms with Crippen LogP contribution in [0, 0.1) is 0 Å². The standard InChI is InChI=1S/C7H13FN2/c8-6-4-9-3-5-1-2-7(6)10-5/h5-7,9-10H,1-4H2/p+1. The zero-order valence-electron chi connectivity index (χ0n) is 6.02. The second-order valence-corrected chi connectivity index (χ2v) is 3.32. The second-order valence-electron chi connectivity index (χ2n) is 3.32. The largest absolute Gasteiger partial charge is 0.343 e. The molecule has 3 N–H and O–H groups in total. The summed E-state index contributed by atoms with van der Waals surface area (Å²) >= 11 is 0. The van der Waals surface area contributed by atoms with Crippen molar-refractivity contribution < 1.29 is 9.71 Å². The van der Waals surface area contributed by atoms with Crippen molar-refractivity contribution in [2.75, 3.05) is 13.1 Å². The van der Waals surface area contributed by atoms with Gasteiger partial charge in [0, 0.05) is 6.04 Å². The fraction of sp³-hybridized carbons (Fsp3) is 1.00. The maximum atomic E-state index is 13.0. The van der Waals surface area contributed by atoms with Gasteiger partial charge in [-0.2, -0.15) is 0 Å². The lowest BCUT2D eigenvalue weighted by Crippen LogP contribution is -2.87. The molecule has 2 bridgehead atoms. The third kappa shape index (κ3) is 1.04. The molecule has 0 saturated carbocycles. The molecule has 0 amide bonds. The molecule has 2 aliphatic heterocycles. The van der Waals surface area contributed by atoms with Crippen molar-refractivity contribution in [1.29, 1.82) is 0 Å². The number of quaternary nitrogens is 1. The van der Waals surface area contributed by atoms with Crippen LogP contribution in [0.25, 0.3) is 0 Å². The average molecular weight is 145 g/mol. The molecule has 3 atom stereocenters. The van der Waals surface area contributed by atoms with Gasteiger partial charge in [0.15, 0.2) is 6.17 Å². The van der Waals surface area contributed by atoms with E-state index in [0.717, 1.165) is 13.0 Å². The predicted octanol–water partition coefficient (Wildman–Crippen LogP) is -0.978. The lowest BCUT2D eigenvalue weighted by atomic mass is 10.1. The molecule has 2 rings (SSSR count). The van der Waals surface area contributed by atoms with Gasteiger partial charge in [-0.1, -0.05) is 0 Å². The van der Waals surface area contributed by atoms with E-state index in [1.165, 1.54) is 6.42 Å². The topological polar surface area (TPSA) is 28.6 Å². The van der Waals surface area contributed by atoms with Gasteiger partial charge in [0.25, 0.3) is 0 Å². The minimum Gasteiger partial charge on any atom is -0.343 e. The summed E-state index contributed by atoms with van der Waals surface area (Å²) in [5.41, 5.74) is 0. The number of rotatable bonds is 0. The van der Waals surface area contributed by atoms with Crippen LogP contribution in [0.4, 0.5) is 4.39 Å². The summed E-state index contributed by atoms with van der Waals surface area (Å²) in [7, 11) is 0. The van der Waals surface area contributed by atoms with Crippen LogP contribution in [0.1, 0.15) is 12.8 Å². The van der Waals surface area contributed by atoms with Crippen molar-refractivity contribution in [2.24, 2.45) is 0 Å². The van der Waals surface area contributed by atoms with E-state index in [4.69, 9.17) is 0 Å². The molecule has 2 heterocycles. The van der Waals surface area contributed by atoms with Crippen LogP contribution in [0.15, 0.2) is 0 Å². The summed E-state index contributed by atoms with van der Waals surface area (Å²) in [4.78, 5) is 0. The third-order valence-electron chi connectivity index (χ3n) is 2.56. The summed E-state index contributed by atoms with van der Waals surface area (Å²) in [5.74, 6) is 0. The Morgan fingerprint density at radius 1 is 1.30 bits per heavy atom. The fourth-order valence-corrected chi connectivity index (χ4v) is 1.94. The molecule has 10 heavy (non-hydrogen) atoms. The number of hydrogen-bond acceptors (Lipinski definition) is 1. The first-order valence-corrected chi connectivity index (χ1v) is 4.08. The van der Waals surface area contributed by atoms with Crippen molar-refractivity contribution in [3.63, 3.8) is 0 Å². The Bertz CT molecular complexity index is 129. The molecule has 0 spiro atoms. The maximum absolute atomic E-state index is 13.0. The summed E-state index contributed by atoms with van der Waals surface area (Å²) < 4.78 is 13.0. The van der Waals surface area contributed by atoms with E-state index < -0.39 is 6.17 Å². The van der Waals surface area contributed by atoms with Crippen molar-refractivity contribution in [3.8, 4) is 0 Å². The highest BCUT2D eigenvalue weighted by Crippen LogP contribution is 2.16.